The Morgan fingerprint density at radius 1 is 1.23 bits per heavy atom. The SMILES string of the molecule is N=C/C(=C\N)c1ccncc1/C=C/Nc1ccc(N2CC(F)(F)C2)cc1. The summed E-state index contributed by atoms with van der Waals surface area (Å²) in [6, 6.07) is 9.09. The Morgan fingerprint density at radius 2 is 1.96 bits per heavy atom. The number of anilines is 2. The van der Waals surface area contributed by atoms with Crippen LogP contribution < -0.4 is 16.0 Å². The van der Waals surface area contributed by atoms with Gasteiger partial charge in [-0.05, 0) is 42.0 Å². The molecule has 0 spiro atoms. The number of nitrogens with two attached hydrogens (primary N) is 1. The molecule has 1 aliphatic rings. The van der Waals surface area contributed by atoms with Crippen LogP contribution in [0.5, 0.6) is 0 Å². The maximum atomic E-state index is 12.9. The van der Waals surface area contributed by atoms with Gasteiger partial charge < -0.3 is 21.4 Å². The number of allylic oxidation sites excluding steroid dienone is 1. The lowest BCUT2D eigenvalue weighted by Gasteiger charge is -2.40. The highest BCUT2D eigenvalue weighted by Gasteiger charge is 2.43. The van der Waals surface area contributed by atoms with Gasteiger partial charge in [-0.15, -0.1) is 0 Å². The van der Waals surface area contributed by atoms with Gasteiger partial charge in [0.25, 0.3) is 5.92 Å². The largest absolute Gasteiger partial charge is 0.404 e. The van der Waals surface area contributed by atoms with E-state index < -0.39 is 5.92 Å². The molecular formula is C19H19F2N5. The normalized spacial score (nSPS) is 16.4. The number of halogens is 2. The van der Waals surface area contributed by atoms with Gasteiger partial charge in [0.15, 0.2) is 0 Å². The molecule has 1 saturated heterocycles. The van der Waals surface area contributed by atoms with Crippen LogP contribution in [-0.2, 0) is 0 Å². The Bertz CT molecular complexity index is 835. The van der Waals surface area contributed by atoms with E-state index in [0.717, 1.165) is 22.5 Å². The molecule has 0 atom stereocenters. The van der Waals surface area contributed by atoms with Crippen molar-refractivity contribution in [2.45, 2.75) is 5.92 Å². The molecule has 0 aliphatic carbocycles. The van der Waals surface area contributed by atoms with Crippen molar-refractivity contribution in [2.24, 2.45) is 5.73 Å². The molecular weight excluding hydrogens is 336 g/mol. The fourth-order valence-corrected chi connectivity index (χ4v) is 2.71. The van der Waals surface area contributed by atoms with E-state index in [4.69, 9.17) is 11.1 Å². The van der Waals surface area contributed by atoms with Gasteiger partial charge in [-0.25, -0.2) is 8.78 Å². The smallest absolute Gasteiger partial charge is 0.282 e. The Labute approximate surface area is 150 Å². The van der Waals surface area contributed by atoms with Crippen molar-refractivity contribution < 1.29 is 8.78 Å². The zero-order valence-electron chi connectivity index (χ0n) is 14.0. The summed E-state index contributed by atoms with van der Waals surface area (Å²) in [5.41, 5.74) is 9.40. The number of pyridine rings is 1. The topological polar surface area (TPSA) is 78.0 Å². The van der Waals surface area contributed by atoms with Gasteiger partial charge >= 0.3 is 0 Å². The molecule has 0 bridgehead atoms. The molecule has 1 aliphatic heterocycles. The molecule has 0 amide bonds. The summed E-state index contributed by atoms with van der Waals surface area (Å²) in [7, 11) is 0. The monoisotopic (exact) mass is 355 g/mol. The van der Waals surface area contributed by atoms with Crippen molar-refractivity contribution >= 4 is 29.2 Å². The minimum Gasteiger partial charge on any atom is -0.404 e. The molecule has 1 aromatic heterocycles. The second-order valence-electron chi connectivity index (χ2n) is 5.97. The Morgan fingerprint density at radius 3 is 2.58 bits per heavy atom. The summed E-state index contributed by atoms with van der Waals surface area (Å²) < 4.78 is 25.9. The van der Waals surface area contributed by atoms with Crippen LogP contribution in [0.25, 0.3) is 11.6 Å². The van der Waals surface area contributed by atoms with E-state index in [9.17, 15) is 8.78 Å². The lowest BCUT2D eigenvalue weighted by molar-refractivity contribution is -0.0262. The number of alkyl halides is 2. The van der Waals surface area contributed by atoms with Crippen molar-refractivity contribution in [2.75, 3.05) is 23.3 Å². The highest BCUT2D eigenvalue weighted by atomic mass is 19.3. The van der Waals surface area contributed by atoms with E-state index in [-0.39, 0.29) is 13.1 Å². The molecule has 0 unspecified atom stereocenters. The number of hydrogen-bond donors (Lipinski definition) is 3. The minimum absolute atomic E-state index is 0.229. The van der Waals surface area contributed by atoms with Gasteiger partial charge in [0.2, 0.25) is 0 Å². The first kappa shape index (κ1) is 17.6. The highest BCUT2D eigenvalue weighted by molar-refractivity contribution is 6.09. The number of aromatic nitrogens is 1. The third kappa shape index (κ3) is 3.88. The van der Waals surface area contributed by atoms with Crippen molar-refractivity contribution in [3.8, 4) is 0 Å². The molecule has 2 aromatic rings. The average Bonchev–Trinajstić information content (AvgIpc) is 2.62. The van der Waals surface area contributed by atoms with Crippen LogP contribution in [0.15, 0.2) is 55.1 Å². The predicted molar refractivity (Wildman–Crippen MR) is 101 cm³/mol. The van der Waals surface area contributed by atoms with Gasteiger partial charge in [-0.3, -0.25) is 4.98 Å². The van der Waals surface area contributed by atoms with Crippen molar-refractivity contribution in [3.05, 3.63) is 66.3 Å². The van der Waals surface area contributed by atoms with Crippen LogP contribution in [-0.4, -0.2) is 30.2 Å². The molecule has 1 fully saturated rings. The quantitative estimate of drug-likeness (QED) is 0.692. The highest BCUT2D eigenvalue weighted by Crippen LogP contribution is 2.32. The number of nitrogens with zero attached hydrogens (tertiary/aromatic N) is 2. The van der Waals surface area contributed by atoms with Crippen molar-refractivity contribution in [1.82, 2.24) is 4.98 Å². The summed E-state index contributed by atoms with van der Waals surface area (Å²) in [6.07, 6.45) is 9.49. The van der Waals surface area contributed by atoms with Crippen LogP contribution in [0.3, 0.4) is 0 Å². The molecule has 1 aromatic carbocycles. The number of rotatable bonds is 6. The van der Waals surface area contributed by atoms with Gasteiger partial charge in [-0.1, -0.05) is 0 Å². The van der Waals surface area contributed by atoms with Crippen LogP contribution in [0.2, 0.25) is 0 Å². The minimum atomic E-state index is -2.58. The Balaban J connectivity index is 1.65. The van der Waals surface area contributed by atoms with Crippen LogP contribution >= 0.6 is 0 Å². The summed E-state index contributed by atoms with van der Waals surface area (Å²) in [5, 5.41) is 10.6. The molecule has 134 valence electrons. The average molecular weight is 355 g/mol. The van der Waals surface area contributed by atoms with Gasteiger partial charge in [-0.2, -0.15) is 0 Å². The molecule has 5 nitrogen and oxygen atoms in total. The molecule has 0 radical (unpaired) electrons. The molecule has 2 heterocycles. The van der Waals surface area contributed by atoms with E-state index in [0.29, 0.717) is 5.57 Å². The molecule has 7 heteroatoms. The lowest BCUT2D eigenvalue weighted by atomic mass is 10.0. The van der Waals surface area contributed by atoms with Gasteiger partial charge in [0.1, 0.15) is 0 Å². The third-order valence-electron chi connectivity index (χ3n) is 4.09. The molecule has 4 N–H and O–H groups in total. The number of hydrogen-bond acceptors (Lipinski definition) is 5. The van der Waals surface area contributed by atoms with E-state index >= 15 is 0 Å². The fraction of sp³-hybridized carbons (Fsp3) is 0.158. The first-order valence-corrected chi connectivity index (χ1v) is 8.05. The zero-order chi connectivity index (χ0) is 18.6. The van der Waals surface area contributed by atoms with E-state index in [1.54, 1.807) is 29.6 Å². The van der Waals surface area contributed by atoms with E-state index in [1.165, 1.54) is 12.4 Å². The Hall–Kier alpha value is -3.22. The van der Waals surface area contributed by atoms with Crippen LogP contribution in [0.4, 0.5) is 20.2 Å². The second kappa shape index (κ2) is 7.35. The van der Waals surface area contributed by atoms with Gasteiger partial charge in [0.05, 0.1) is 13.1 Å². The van der Waals surface area contributed by atoms with Crippen molar-refractivity contribution in [3.63, 3.8) is 0 Å². The fourth-order valence-electron chi connectivity index (χ4n) is 2.71. The zero-order valence-corrected chi connectivity index (χ0v) is 14.0. The summed E-state index contributed by atoms with van der Waals surface area (Å²) >= 11 is 0. The number of nitrogens with one attached hydrogen (secondary N) is 2. The van der Waals surface area contributed by atoms with Crippen LogP contribution in [0, 0.1) is 5.41 Å². The predicted octanol–water partition coefficient (Wildman–Crippen LogP) is 3.57. The maximum absolute atomic E-state index is 12.9. The summed E-state index contributed by atoms with van der Waals surface area (Å²) in [5.74, 6) is -2.58. The first-order chi connectivity index (χ1) is 12.5. The van der Waals surface area contributed by atoms with E-state index in [2.05, 4.69) is 10.3 Å². The van der Waals surface area contributed by atoms with E-state index in [1.807, 2.05) is 30.3 Å². The second-order valence-corrected chi connectivity index (χ2v) is 5.97. The standard InChI is InChI=1S/C19H19F2N5/c20-19(21)12-26(13-19)17-3-1-16(2-4-17)25-8-5-14-11-24-7-6-18(14)15(9-22)10-23/h1-11,22,25H,12-13,23H2/b8-5+,15-10+,22-9?. The molecule has 0 saturated carbocycles. The molecule has 26 heavy (non-hydrogen) atoms. The van der Waals surface area contributed by atoms with Gasteiger partial charge in [0, 0.05) is 53.5 Å². The third-order valence-corrected chi connectivity index (χ3v) is 4.09. The first-order valence-electron chi connectivity index (χ1n) is 8.05. The number of benzene rings is 1. The molecule has 3 rings (SSSR count). The van der Waals surface area contributed by atoms with Crippen molar-refractivity contribution in [1.29, 1.82) is 5.41 Å². The maximum Gasteiger partial charge on any atom is 0.282 e. The summed E-state index contributed by atoms with van der Waals surface area (Å²) in [4.78, 5) is 5.73. The van der Waals surface area contributed by atoms with Crippen LogP contribution in [0.1, 0.15) is 11.1 Å². The Kier molecular flexibility index (Phi) is 4.97. The lowest BCUT2D eigenvalue weighted by Crippen LogP contribution is -2.56. The summed E-state index contributed by atoms with van der Waals surface area (Å²) in [6.45, 7) is -0.457.